The SMILES string of the molecule is CC1CCCN(C(C)c2ccc(Br)cc2F)C1CN. The molecule has 3 unspecified atom stereocenters. The molecule has 0 aliphatic carbocycles. The Morgan fingerprint density at radius 1 is 1.53 bits per heavy atom. The summed E-state index contributed by atoms with van der Waals surface area (Å²) in [5.41, 5.74) is 6.68. The lowest BCUT2D eigenvalue weighted by molar-refractivity contribution is 0.0675. The number of nitrogens with two attached hydrogens (primary N) is 1. The van der Waals surface area contributed by atoms with Crippen LogP contribution in [0.1, 0.15) is 38.3 Å². The Hall–Kier alpha value is -0.450. The highest BCUT2D eigenvalue weighted by Crippen LogP contribution is 2.32. The van der Waals surface area contributed by atoms with Gasteiger partial charge in [0.05, 0.1) is 0 Å². The molecule has 1 aliphatic heterocycles. The smallest absolute Gasteiger partial charge is 0.129 e. The molecular weight excluding hydrogens is 307 g/mol. The number of benzene rings is 1. The number of rotatable bonds is 3. The minimum atomic E-state index is -0.143. The Kier molecular flexibility index (Phi) is 4.98. The van der Waals surface area contributed by atoms with Crippen molar-refractivity contribution in [1.82, 2.24) is 4.90 Å². The van der Waals surface area contributed by atoms with E-state index in [4.69, 9.17) is 5.73 Å². The summed E-state index contributed by atoms with van der Waals surface area (Å²) in [5.74, 6) is 0.440. The van der Waals surface area contributed by atoms with Crippen molar-refractivity contribution in [3.8, 4) is 0 Å². The molecule has 0 spiro atoms. The largest absolute Gasteiger partial charge is 0.329 e. The number of halogens is 2. The fourth-order valence-electron chi connectivity index (χ4n) is 3.15. The van der Waals surface area contributed by atoms with Gasteiger partial charge in [-0.25, -0.2) is 4.39 Å². The predicted molar refractivity (Wildman–Crippen MR) is 80.5 cm³/mol. The molecule has 2 rings (SSSR count). The van der Waals surface area contributed by atoms with Crippen molar-refractivity contribution in [3.63, 3.8) is 0 Å². The molecule has 106 valence electrons. The van der Waals surface area contributed by atoms with Crippen LogP contribution in [0.5, 0.6) is 0 Å². The van der Waals surface area contributed by atoms with Crippen LogP contribution in [-0.2, 0) is 0 Å². The molecule has 0 radical (unpaired) electrons. The summed E-state index contributed by atoms with van der Waals surface area (Å²) in [6, 6.07) is 5.74. The van der Waals surface area contributed by atoms with Gasteiger partial charge in [-0.1, -0.05) is 28.9 Å². The Balaban J connectivity index is 2.24. The summed E-state index contributed by atoms with van der Waals surface area (Å²) < 4.78 is 14.9. The van der Waals surface area contributed by atoms with Crippen molar-refractivity contribution in [2.45, 2.75) is 38.8 Å². The third kappa shape index (κ3) is 3.18. The zero-order chi connectivity index (χ0) is 14.0. The van der Waals surface area contributed by atoms with Gasteiger partial charge < -0.3 is 5.73 Å². The standard InChI is InChI=1S/C15H22BrFN2/c1-10-4-3-7-19(15(10)9-18)11(2)13-6-5-12(16)8-14(13)17/h5-6,8,10-11,15H,3-4,7,9,18H2,1-2H3. The maximum atomic E-state index is 14.1. The van der Waals surface area contributed by atoms with Gasteiger partial charge in [0.15, 0.2) is 0 Å². The highest BCUT2D eigenvalue weighted by Gasteiger charge is 2.31. The fraction of sp³-hybridized carbons (Fsp3) is 0.600. The normalized spacial score (nSPS) is 26.4. The number of piperidine rings is 1. The average molecular weight is 329 g/mol. The van der Waals surface area contributed by atoms with Gasteiger partial charge in [-0.05, 0) is 44.4 Å². The van der Waals surface area contributed by atoms with Gasteiger partial charge in [0.2, 0.25) is 0 Å². The van der Waals surface area contributed by atoms with Crippen molar-refractivity contribution < 1.29 is 4.39 Å². The fourth-order valence-corrected chi connectivity index (χ4v) is 3.48. The molecule has 0 saturated carbocycles. The Bertz CT molecular complexity index is 438. The van der Waals surface area contributed by atoms with E-state index < -0.39 is 0 Å². The molecule has 19 heavy (non-hydrogen) atoms. The van der Waals surface area contributed by atoms with E-state index in [0.29, 0.717) is 18.5 Å². The molecule has 3 atom stereocenters. The topological polar surface area (TPSA) is 29.3 Å². The van der Waals surface area contributed by atoms with Crippen LogP contribution in [0.4, 0.5) is 4.39 Å². The van der Waals surface area contributed by atoms with Crippen LogP contribution in [0.15, 0.2) is 22.7 Å². The van der Waals surface area contributed by atoms with Crippen LogP contribution >= 0.6 is 15.9 Å². The maximum absolute atomic E-state index is 14.1. The molecule has 1 aromatic carbocycles. The van der Waals surface area contributed by atoms with Crippen LogP contribution in [0.2, 0.25) is 0 Å². The van der Waals surface area contributed by atoms with E-state index in [-0.39, 0.29) is 11.9 Å². The number of likely N-dealkylation sites (tertiary alicyclic amines) is 1. The summed E-state index contributed by atoms with van der Waals surface area (Å²) in [4.78, 5) is 2.36. The van der Waals surface area contributed by atoms with E-state index in [2.05, 4.69) is 34.7 Å². The first-order valence-corrected chi connectivity index (χ1v) is 7.74. The minimum Gasteiger partial charge on any atom is -0.329 e. The zero-order valence-electron chi connectivity index (χ0n) is 11.6. The third-order valence-electron chi connectivity index (χ3n) is 4.31. The van der Waals surface area contributed by atoms with Crippen molar-refractivity contribution in [1.29, 1.82) is 0 Å². The van der Waals surface area contributed by atoms with Crippen LogP contribution in [0, 0.1) is 11.7 Å². The first kappa shape index (κ1) is 14.9. The van der Waals surface area contributed by atoms with Crippen molar-refractivity contribution in [2.24, 2.45) is 11.7 Å². The minimum absolute atomic E-state index is 0.0735. The number of hydrogen-bond donors (Lipinski definition) is 1. The van der Waals surface area contributed by atoms with Crippen molar-refractivity contribution in [3.05, 3.63) is 34.1 Å². The lowest BCUT2D eigenvalue weighted by Crippen LogP contribution is -2.49. The molecule has 1 saturated heterocycles. The first-order chi connectivity index (χ1) is 9.04. The molecule has 1 heterocycles. The second kappa shape index (κ2) is 6.33. The van der Waals surface area contributed by atoms with Gasteiger partial charge in [-0.15, -0.1) is 0 Å². The van der Waals surface area contributed by atoms with Crippen LogP contribution < -0.4 is 5.73 Å². The molecule has 0 amide bonds. The molecule has 1 aliphatic rings. The number of nitrogens with zero attached hydrogens (tertiary/aromatic N) is 1. The summed E-state index contributed by atoms with van der Waals surface area (Å²) in [6.07, 6.45) is 2.38. The number of hydrogen-bond acceptors (Lipinski definition) is 2. The Morgan fingerprint density at radius 2 is 2.26 bits per heavy atom. The van der Waals surface area contributed by atoms with Gasteiger partial charge in [-0.2, -0.15) is 0 Å². The molecule has 1 aromatic rings. The summed E-state index contributed by atoms with van der Waals surface area (Å²) >= 11 is 3.30. The van der Waals surface area contributed by atoms with Crippen molar-refractivity contribution in [2.75, 3.05) is 13.1 Å². The molecule has 0 aromatic heterocycles. The Labute approximate surface area is 123 Å². The predicted octanol–water partition coefficient (Wildman–Crippen LogP) is 3.71. The zero-order valence-corrected chi connectivity index (χ0v) is 13.2. The molecular formula is C15H22BrFN2. The van der Waals surface area contributed by atoms with E-state index in [1.165, 1.54) is 18.9 Å². The van der Waals surface area contributed by atoms with Crippen LogP contribution in [0.3, 0.4) is 0 Å². The second-order valence-corrected chi connectivity index (χ2v) is 6.42. The summed E-state index contributed by atoms with van der Waals surface area (Å²) in [6.45, 7) is 5.97. The van der Waals surface area contributed by atoms with Gasteiger partial charge >= 0.3 is 0 Å². The molecule has 1 fully saturated rings. The van der Waals surface area contributed by atoms with E-state index in [0.717, 1.165) is 16.6 Å². The quantitative estimate of drug-likeness (QED) is 0.916. The van der Waals surface area contributed by atoms with E-state index in [9.17, 15) is 4.39 Å². The average Bonchev–Trinajstić information content (AvgIpc) is 2.37. The molecule has 0 bridgehead atoms. The second-order valence-electron chi connectivity index (χ2n) is 5.50. The molecule has 4 heteroatoms. The monoisotopic (exact) mass is 328 g/mol. The van der Waals surface area contributed by atoms with Crippen LogP contribution in [-0.4, -0.2) is 24.0 Å². The third-order valence-corrected chi connectivity index (χ3v) is 4.80. The highest BCUT2D eigenvalue weighted by atomic mass is 79.9. The van der Waals surface area contributed by atoms with E-state index in [1.54, 1.807) is 0 Å². The Morgan fingerprint density at radius 3 is 2.89 bits per heavy atom. The van der Waals surface area contributed by atoms with Gasteiger partial charge in [-0.3, -0.25) is 4.90 Å². The van der Waals surface area contributed by atoms with Gasteiger partial charge in [0.1, 0.15) is 5.82 Å². The lowest BCUT2D eigenvalue weighted by atomic mass is 9.88. The molecule has 2 N–H and O–H groups in total. The summed E-state index contributed by atoms with van der Waals surface area (Å²) in [5, 5.41) is 0. The van der Waals surface area contributed by atoms with Crippen molar-refractivity contribution >= 4 is 15.9 Å². The van der Waals surface area contributed by atoms with E-state index in [1.807, 2.05) is 12.1 Å². The maximum Gasteiger partial charge on any atom is 0.129 e. The van der Waals surface area contributed by atoms with E-state index >= 15 is 0 Å². The molecule has 2 nitrogen and oxygen atoms in total. The van der Waals surface area contributed by atoms with Gasteiger partial charge in [0.25, 0.3) is 0 Å². The highest BCUT2D eigenvalue weighted by molar-refractivity contribution is 9.10. The van der Waals surface area contributed by atoms with Crippen LogP contribution in [0.25, 0.3) is 0 Å². The first-order valence-electron chi connectivity index (χ1n) is 6.95. The van der Waals surface area contributed by atoms with Gasteiger partial charge in [0, 0.05) is 28.7 Å². The lowest BCUT2D eigenvalue weighted by Gasteiger charge is -2.43. The summed E-state index contributed by atoms with van der Waals surface area (Å²) in [7, 11) is 0.